The van der Waals surface area contributed by atoms with Gasteiger partial charge in [0.25, 0.3) is 0 Å². The van der Waals surface area contributed by atoms with E-state index in [0.29, 0.717) is 6.04 Å². The Kier molecular flexibility index (Phi) is 1.67. The van der Waals surface area contributed by atoms with E-state index in [1.807, 2.05) is 0 Å². The quantitative estimate of drug-likeness (QED) is 0.385. The highest BCUT2D eigenvalue weighted by Gasteiger charge is 2.19. The molecule has 3 heteroatoms. The molecule has 0 radical (unpaired) electrons. The van der Waals surface area contributed by atoms with Gasteiger partial charge >= 0.3 is 0 Å². The lowest BCUT2D eigenvalue weighted by Crippen LogP contribution is -2.28. The second-order valence-electron chi connectivity index (χ2n) is 1.83. The normalized spacial score (nSPS) is 17.0. The van der Waals surface area contributed by atoms with Gasteiger partial charge in [-0.15, -0.1) is 0 Å². The third kappa shape index (κ3) is 1.78. The average Bonchev–Trinajstić information content (AvgIpc) is 2.51. The molecule has 44 valence electrons. The minimum Gasteiger partial charge on any atom is -0.318 e. The molecule has 1 aliphatic carbocycles. The Morgan fingerprint density at radius 3 is 2.88 bits per heavy atom. The first kappa shape index (κ1) is 5.35. The predicted molar refractivity (Wildman–Crippen MR) is 29.6 cm³/mol. The zero-order chi connectivity index (χ0) is 5.82. The summed E-state index contributed by atoms with van der Waals surface area (Å²) in [5, 5.41) is 0. The van der Waals surface area contributed by atoms with Crippen LogP contribution in [0.5, 0.6) is 0 Å². The van der Waals surface area contributed by atoms with Crippen LogP contribution in [0.25, 0.3) is 0 Å². The fraction of sp³-hybridized carbons (Fsp3) is 0.600. The van der Waals surface area contributed by atoms with Crippen LogP contribution in [0.1, 0.15) is 12.8 Å². The lowest BCUT2D eigenvalue weighted by molar-refractivity contribution is 0.562. The van der Waals surface area contributed by atoms with Crippen LogP contribution in [0.4, 0.5) is 0 Å². The highest BCUT2D eigenvalue weighted by Crippen LogP contribution is 2.17. The number of rotatable bonds is 3. The maximum Gasteiger partial charge on any atom is 0.143 e. The molecule has 0 aromatic carbocycles. The van der Waals surface area contributed by atoms with Crippen LogP contribution in [0.15, 0.2) is 6.20 Å². The molecule has 1 fully saturated rings. The summed E-state index contributed by atoms with van der Waals surface area (Å²) in [4.78, 5) is 9.52. The molecule has 0 unspecified atom stereocenters. The highest BCUT2D eigenvalue weighted by atomic mass is 16.1. The maximum absolute atomic E-state index is 9.52. The Labute approximate surface area is 47.7 Å². The first-order valence-corrected chi connectivity index (χ1v) is 2.64. The van der Waals surface area contributed by atoms with E-state index in [1.165, 1.54) is 19.0 Å². The molecule has 1 rings (SSSR count). The Morgan fingerprint density at radius 1 is 1.62 bits per heavy atom. The van der Waals surface area contributed by atoms with Crippen molar-refractivity contribution in [2.24, 2.45) is 0 Å². The van der Waals surface area contributed by atoms with Gasteiger partial charge in [-0.3, -0.25) is 0 Å². The lowest BCUT2D eigenvalue weighted by atomic mass is 10.8. The highest BCUT2D eigenvalue weighted by molar-refractivity contribution is 5.43. The van der Waals surface area contributed by atoms with Gasteiger partial charge in [-0.05, 0) is 12.8 Å². The maximum atomic E-state index is 9.52. The molecule has 1 saturated carbocycles. The molecular weight excluding hydrogens is 104 g/mol. The number of hydrogen-bond acceptors (Lipinski definition) is 3. The topological polar surface area (TPSA) is 41.1 Å². The average molecular weight is 112 g/mol. The van der Waals surface area contributed by atoms with E-state index in [9.17, 15) is 4.79 Å². The van der Waals surface area contributed by atoms with Crippen molar-refractivity contribution in [1.29, 1.82) is 0 Å². The number of carbonyl (C=O) groups excluding carboxylic acids is 1. The summed E-state index contributed by atoms with van der Waals surface area (Å²) >= 11 is 0. The molecule has 0 amide bonds. The van der Waals surface area contributed by atoms with E-state index in [1.54, 1.807) is 5.94 Å². The van der Waals surface area contributed by atoms with Crippen LogP contribution in [-0.2, 0) is 4.79 Å². The Balaban J connectivity index is 1.95. The van der Waals surface area contributed by atoms with Gasteiger partial charge in [0.05, 0.1) is 6.20 Å². The van der Waals surface area contributed by atoms with E-state index >= 15 is 0 Å². The van der Waals surface area contributed by atoms with Crippen LogP contribution >= 0.6 is 0 Å². The standard InChI is InChI=1S/C5H8N2O/c8-4-3-6-7-5-1-2-5/h3,5-7H,1-2H2. The zero-order valence-electron chi connectivity index (χ0n) is 4.48. The van der Waals surface area contributed by atoms with E-state index in [0.717, 1.165) is 0 Å². The van der Waals surface area contributed by atoms with E-state index < -0.39 is 0 Å². The summed E-state index contributed by atoms with van der Waals surface area (Å²) in [5.41, 5.74) is 5.49. The van der Waals surface area contributed by atoms with Crippen molar-refractivity contribution < 1.29 is 4.79 Å². The summed E-state index contributed by atoms with van der Waals surface area (Å²) in [6.07, 6.45) is 3.64. The number of hydrogen-bond donors (Lipinski definition) is 2. The third-order valence-electron chi connectivity index (χ3n) is 0.996. The molecule has 0 bridgehead atoms. The lowest BCUT2D eigenvalue weighted by Gasteiger charge is -1.95. The van der Waals surface area contributed by atoms with Crippen molar-refractivity contribution in [3.63, 3.8) is 0 Å². The molecule has 2 N–H and O–H groups in total. The van der Waals surface area contributed by atoms with E-state index in [4.69, 9.17) is 0 Å². The molecule has 8 heavy (non-hydrogen) atoms. The molecule has 0 saturated heterocycles. The third-order valence-corrected chi connectivity index (χ3v) is 0.996. The molecule has 0 spiro atoms. The van der Waals surface area contributed by atoms with Gasteiger partial charge < -0.3 is 5.43 Å². The minimum absolute atomic E-state index is 0.583. The monoisotopic (exact) mass is 112 g/mol. The van der Waals surface area contributed by atoms with Crippen molar-refractivity contribution in [3.8, 4) is 0 Å². The predicted octanol–water partition coefficient (Wildman–Crippen LogP) is -0.412. The second kappa shape index (κ2) is 2.50. The molecule has 3 nitrogen and oxygen atoms in total. The summed E-state index contributed by atoms with van der Waals surface area (Å²) in [6.45, 7) is 0. The fourth-order valence-electron chi connectivity index (χ4n) is 0.417. The van der Waals surface area contributed by atoms with Crippen molar-refractivity contribution >= 4 is 5.94 Å². The van der Waals surface area contributed by atoms with Gasteiger partial charge in [0.1, 0.15) is 5.94 Å². The van der Waals surface area contributed by atoms with Gasteiger partial charge in [0, 0.05) is 6.04 Å². The molecule has 1 aliphatic rings. The number of hydrazine groups is 1. The largest absolute Gasteiger partial charge is 0.318 e. The van der Waals surface area contributed by atoms with Gasteiger partial charge in [-0.2, -0.15) is 0 Å². The van der Waals surface area contributed by atoms with Gasteiger partial charge in [-0.1, -0.05) is 0 Å². The Hall–Kier alpha value is -0.790. The van der Waals surface area contributed by atoms with Crippen molar-refractivity contribution in [1.82, 2.24) is 10.9 Å². The number of nitrogens with one attached hydrogen (secondary N) is 2. The minimum atomic E-state index is 0.583. The van der Waals surface area contributed by atoms with Crippen LogP contribution in [-0.4, -0.2) is 12.0 Å². The molecule has 0 aliphatic heterocycles. The molecule has 0 aromatic heterocycles. The summed E-state index contributed by atoms with van der Waals surface area (Å²) in [6, 6.07) is 0.583. The van der Waals surface area contributed by atoms with Crippen LogP contribution in [0.3, 0.4) is 0 Å². The van der Waals surface area contributed by atoms with Crippen molar-refractivity contribution in [3.05, 3.63) is 6.20 Å². The van der Waals surface area contributed by atoms with E-state index in [2.05, 4.69) is 10.9 Å². The van der Waals surface area contributed by atoms with Crippen LogP contribution in [0.2, 0.25) is 0 Å². The smallest absolute Gasteiger partial charge is 0.143 e. The zero-order valence-corrected chi connectivity index (χ0v) is 4.48. The summed E-state index contributed by atoms with van der Waals surface area (Å²) < 4.78 is 0. The molecule has 0 atom stereocenters. The van der Waals surface area contributed by atoms with Crippen molar-refractivity contribution in [2.75, 3.05) is 0 Å². The molecule has 0 aromatic rings. The van der Waals surface area contributed by atoms with Gasteiger partial charge in [-0.25, -0.2) is 10.2 Å². The summed E-state index contributed by atoms with van der Waals surface area (Å²) in [7, 11) is 0. The molecular formula is C5H8N2O. The van der Waals surface area contributed by atoms with E-state index in [-0.39, 0.29) is 0 Å². The first-order valence-electron chi connectivity index (χ1n) is 2.64. The second-order valence-corrected chi connectivity index (χ2v) is 1.83. The SMILES string of the molecule is O=C=CNNC1CC1. The van der Waals surface area contributed by atoms with Gasteiger partial charge in [0.2, 0.25) is 0 Å². The van der Waals surface area contributed by atoms with Crippen LogP contribution in [0, 0.1) is 0 Å². The first-order chi connectivity index (χ1) is 3.93. The van der Waals surface area contributed by atoms with Crippen molar-refractivity contribution in [2.45, 2.75) is 18.9 Å². The van der Waals surface area contributed by atoms with Gasteiger partial charge in [0.15, 0.2) is 0 Å². The summed E-state index contributed by atoms with van der Waals surface area (Å²) in [5.74, 6) is 1.60. The Morgan fingerprint density at radius 2 is 2.38 bits per heavy atom. The van der Waals surface area contributed by atoms with Crippen LogP contribution < -0.4 is 10.9 Å². The molecule has 0 heterocycles. The fourth-order valence-corrected chi connectivity index (χ4v) is 0.417. The Bertz CT molecular complexity index is 114.